The van der Waals surface area contributed by atoms with Crippen LogP contribution in [0.1, 0.15) is 47.5 Å². The molecule has 2 atom stereocenters. The van der Waals surface area contributed by atoms with Gasteiger partial charge in [0.2, 0.25) is 0 Å². The Labute approximate surface area is 174 Å². The fourth-order valence-corrected chi connectivity index (χ4v) is 3.98. The molecule has 0 fully saturated rings. The maximum atomic E-state index is 12.4. The molecule has 2 rings (SSSR count). The van der Waals surface area contributed by atoms with E-state index in [1.54, 1.807) is 6.92 Å². The van der Waals surface area contributed by atoms with Gasteiger partial charge in [0.05, 0.1) is 18.3 Å². The Morgan fingerprint density at radius 2 is 2.03 bits per heavy atom. The molecule has 1 aromatic heterocycles. The number of thiazole rings is 1. The molecule has 8 nitrogen and oxygen atoms in total. The van der Waals surface area contributed by atoms with Crippen molar-refractivity contribution in [3.8, 4) is 0 Å². The summed E-state index contributed by atoms with van der Waals surface area (Å²) < 4.78 is 5.23. The SMILES string of the molecule is CCOC(=O)C(CCc1ccccc1)NC(C)c1nc(C)c(CCO[N+](=O)[O-])s1. The first kappa shape index (κ1) is 22.8. The van der Waals surface area contributed by atoms with E-state index in [9.17, 15) is 14.9 Å². The number of esters is 1. The lowest BCUT2D eigenvalue weighted by atomic mass is 10.0. The third-order valence-corrected chi connectivity index (χ3v) is 5.79. The first-order valence-corrected chi connectivity index (χ1v) is 10.4. The molecule has 9 heteroatoms. The number of hydrogen-bond acceptors (Lipinski definition) is 8. The Morgan fingerprint density at radius 1 is 1.31 bits per heavy atom. The highest BCUT2D eigenvalue weighted by Crippen LogP contribution is 2.25. The Kier molecular flexibility index (Phi) is 9.01. The van der Waals surface area contributed by atoms with Crippen molar-refractivity contribution in [2.24, 2.45) is 0 Å². The van der Waals surface area contributed by atoms with Gasteiger partial charge >= 0.3 is 5.97 Å². The number of hydrogen-bond donors (Lipinski definition) is 1. The zero-order valence-electron chi connectivity index (χ0n) is 16.9. The Balaban J connectivity index is 2.01. The molecule has 1 N–H and O–H groups in total. The quantitative estimate of drug-likeness (QED) is 0.318. The minimum Gasteiger partial charge on any atom is -0.465 e. The highest BCUT2D eigenvalue weighted by molar-refractivity contribution is 7.11. The van der Waals surface area contributed by atoms with Crippen LogP contribution in [-0.2, 0) is 27.2 Å². The molecule has 0 saturated carbocycles. The second kappa shape index (κ2) is 11.5. The lowest BCUT2D eigenvalue weighted by Gasteiger charge is -2.21. The number of ether oxygens (including phenoxy) is 1. The Morgan fingerprint density at radius 3 is 2.69 bits per heavy atom. The van der Waals surface area contributed by atoms with Crippen LogP contribution in [-0.4, -0.2) is 35.3 Å². The fourth-order valence-electron chi connectivity index (χ4n) is 2.92. The summed E-state index contributed by atoms with van der Waals surface area (Å²) in [6, 6.07) is 9.39. The molecule has 2 unspecified atom stereocenters. The van der Waals surface area contributed by atoms with E-state index in [2.05, 4.69) is 15.1 Å². The number of benzene rings is 1. The summed E-state index contributed by atoms with van der Waals surface area (Å²) in [7, 11) is 0. The third kappa shape index (κ3) is 7.43. The van der Waals surface area contributed by atoms with E-state index >= 15 is 0 Å². The number of nitrogens with one attached hydrogen (secondary N) is 1. The topological polar surface area (TPSA) is 104 Å². The molecule has 0 saturated heterocycles. The lowest BCUT2D eigenvalue weighted by molar-refractivity contribution is -0.757. The van der Waals surface area contributed by atoms with Crippen LogP contribution in [0.25, 0.3) is 0 Å². The molecule has 0 aliphatic carbocycles. The fraction of sp³-hybridized carbons (Fsp3) is 0.500. The average Bonchev–Trinajstić information content (AvgIpc) is 3.06. The molecule has 0 aliphatic rings. The van der Waals surface area contributed by atoms with Gasteiger partial charge in [-0.2, -0.15) is 0 Å². The zero-order chi connectivity index (χ0) is 21.2. The predicted octanol–water partition coefficient (Wildman–Crippen LogP) is 3.42. The van der Waals surface area contributed by atoms with Crippen molar-refractivity contribution in [1.82, 2.24) is 10.3 Å². The monoisotopic (exact) mass is 421 g/mol. The van der Waals surface area contributed by atoms with Gasteiger partial charge < -0.3 is 9.57 Å². The second-order valence-electron chi connectivity index (χ2n) is 6.58. The molecule has 0 aliphatic heterocycles. The molecule has 0 spiro atoms. The number of carbonyl (C=O) groups excluding carboxylic acids is 1. The maximum absolute atomic E-state index is 12.4. The van der Waals surface area contributed by atoms with E-state index in [1.807, 2.05) is 44.2 Å². The van der Waals surface area contributed by atoms with Gasteiger partial charge in [-0.3, -0.25) is 10.1 Å². The summed E-state index contributed by atoms with van der Waals surface area (Å²) in [4.78, 5) is 32.6. The van der Waals surface area contributed by atoms with Crippen molar-refractivity contribution in [2.75, 3.05) is 13.2 Å². The lowest BCUT2D eigenvalue weighted by Crippen LogP contribution is -2.40. The van der Waals surface area contributed by atoms with Crippen LogP contribution >= 0.6 is 11.3 Å². The number of rotatable bonds is 12. The van der Waals surface area contributed by atoms with Gasteiger partial charge in [-0.15, -0.1) is 21.5 Å². The maximum Gasteiger partial charge on any atom is 0.323 e. The molecule has 1 aromatic carbocycles. The zero-order valence-corrected chi connectivity index (χ0v) is 17.7. The molecule has 1 heterocycles. The van der Waals surface area contributed by atoms with E-state index in [-0.39, 0.29) is 18.6 Å². The molecular weight excluding hydrogens is 394 g/mol. The van der Waals surface area contributed by atoms with Crippen LogP contribution in [0.15, 0.2) is 30.3 Å². The van der Waals surface area contributed by atoms with Gasteiger partial charge in [-0.25, -0.2) is 4.98 Å². The molecule has 2 aromatic rings. The van der Waals surface area contributed by atoms with Gasteiger partial charge in [0.1, 0.15) is 17.7 Å². The first-order chi connectivity index (χ1) is 13.9. The highest BCUT2D eigenvalue weighted by Gasteiger charge is 2.24. The summed E-state index contributed by atoms with van der Waals surface area (Å²) in [5, 5.41) is 13.7. The smallest absolute Gasteiger partial charge is 0.323 e. The normalized spacial score (nSPS) is 12.9. The van der Waals surface area contributed by atoms with Gasteiger partial charge in [0.25, 0.3) is 5.09 Å². The van der Waals surface area contributed by atoms with Crippen LogP contribution in [0.2, 0.25) is 0 Å². The van der Waals surface area contributed by atoms with Crippen molar-refractivity contribution in [3.63, 3.8) is 0 Å². The van der Waals surface area contributed by atoms with Gasteiger partial charge in [-0.05, 0) is 39.2 Å². The van der Waals surface area contributed by atoms with Crippen LogP contribution in [0.3, 0.4) is 0 Å². The van der Waals surface area contributed by atoms with Crippen molar-refractivity contribution in [1.29, 1.82) is 0 Å². The number of aromatic nitrogens is 1. The summed E-state index contributed by atoms with van der Waals surface area (Å²) >= 11 is 1.47. The summed E-state index contributed by atoms with van der Waals surface area (Å²) in [6.45, 7) is 5.93. The number of nitrogens with zero attached hydrogens (tertiary/aromatic N) is 2. The second-order valence-corrected chi connectivity index (χ2v) is 7.70. The number of carbonyl (C=O) groups is 1. The van der Waals surface area contributed by atoms with Crippen molar-refractivity contribution in [3.05, 3.63) is 61.6 Å². The molecule has 158 valence electrons. The highest BCUT2D eigenvalue weighted by atomic mass is 32.1. The standard InChI is InChI=1S/C20H27N3O5S/c1-4-27-20(24)17(11-10-16-8-6-5-7-9-16)21-15(3)19-22-14(2)18(29-19)12-13-28-23(25)26/h5-9,15,17,21H,4,10-13H2,1-3H3. The van der Waals surface area contributed by atoms with Crippen LogP contribution in [0, 0.1) is 17.0 Å². The minimum absolute atomic E-state index is 0.000189. The largest absolute Gasteiger partial charge is 0.465 e. The summed E-state index contributed by atoms with van der Waals surface area (Å²) in [5.74, 6) is -0.275. The predicted molar refractivity (Wildman–Crippen MR) is 110 cm³/mol. The Bertz CT molecular complexity index is 797. The van der Waals surface area contributed by atoms with Crippen LogP contribution in [0.4, 0.5) is 0 Å². The molecule has 0 radical (unpaired) electrons. The van der Waals surface area contributed by atoms with E-state index < -0.39 is 11.1 Å². The molecule has 0 bridgehead atoms. The van der Waals surface area contributed by atoms with E-state index in [0.717, 1.165) is 27.6 Å². The van der Waals surface area contributed by atoms with E-state index in [1.165, 1.54) is 11.3 Å². The van der Waals surface area contributed by atoms with Crippen molar-refractivity contribution in [2.45, 2.75) is 52.1 Å². The van der Waals surface area contributed by atoms with Crippen molar-refractivity contribution < 1.29 is 19.5 Å². The molecular formula is C20H27N3O5S. The molecule has 29 heavy (non-hydrogen) atoms. The van der Waals surface area contributed by atoms with Gasteiger partial charge in [0, 0.05) is 11.3 Å². The summed E-state index contributed by atoms with van der Waals surface area (Å²) in [6.07, 6.45) is 1.79. The van der Waals surface area contributed by atoms with Gasteiger partial charge in [-0.1, -0.05) is 30.3 Å². The van der Waals surface area contributed by atoms with E-state index in [0.29, 0.717) is 19.4 Å². The van der Waals surface area contributed by atoms with Crippen LogP contribution in [0.5, 0.6) is 0 Å². The number of aryl methyl sites for hydroxylation is 2. The van der Waals surface area contributed by atoms with Crippen molar-refractivity contribution >= 4 is 17.3 Å². The Hall–Kier alpha value is -2.52. The minimum atomic E-state index is -0.794. The summed E-state index contributed by atoms with van der Waals surface area (Å²) in [5.41, 5.74) is 1.98. The average molecular weight is 422 g/mol. The third-order valence-electron chi connectivity index (χ3n) is 4.39. The van der Waals surface area contributed by atoms with Gasteiger partial charge in [0.15, 0.2) is 0 Å². The van der Waals surface area contributed by atoms with Crippen LogP contribution < -0.4 is 5.32 Å². The molecule has 0 amide bonds. The first-order valence-electron chi connectivity index (χ1n) is 9.60. The van der Waals surface area contributed by atoms with E-state index in [4.69, 9.17) is 4.74 Å².